The van der Waals surface area contributed by atoms with Crippen molar-refractivity contribution in [2.75, 3.05) is 57.9 Å². The standard InChI is InChI=1S/C25H40ClN5O4/c1-27-16-21(14-19-6-4-13-35-18-19)29-24(32)30-11-3-9-23(17-30)31(12-5-10-28-25(33)34)22-8-2-7-20(26)15-22/h2,7-8,15,19,21,23,27-28H,3-6,9-14,16-18H2,1H3,(H,29,32)(H,33,34). The first-order valence-electron chi connectivity index (χ1n) is 12.7. The van der Waals surface area contributed by atoms with Gasteiger partial charge in [-0.1, -0.05) is 17.7 Å². The van der Waals surface area contributed by atoms with Crippen LogP contribution in [-0.2, 0) is 4.74 Å². The van der Waals surface area contributed by atoms with E-state index in [1.165, 1.54) is 0 Å². The van der Waals surface area contributed by atoms with Crippen LogP contribution in [-0.4, -0.2) is 87.2 Å². The fourth-order valence-electron chi connectivity index (χ4n) is 5.12. The van der Waals surface area contributed by atoms with E-state index in [-0.39, 0.29) is 18.1 Å². The highest BCUT2D eigenvalue weighted by molar-refractivity contribution is 6.30. The number of carbonyl (C=O) groups excluding carboxylic acids is 1. The molecule has 196 valence electrons. The predicted octanol–water partition coefficient (Wildman–Crippen LogP) is 3.38. The van der Waals surface area contributed by atoms with E-state index in [2.05, 4.69) is 20.9 Å². The van der Waals surface area contributed by atoms with Gasteiger partial charge in [0.25, 0.3) is 0 Å². The maximum absolute atomic E-state index is 13.3. The fraction of sp³-hybridized carbons (Fsp3) is 0.680. The van der Waals surface area contributed by atoms with Gasteiger partial charge in [-0.05, 0) is 69.7 Å². The summed E-state index contributed by atoms with van der Waals surface area (Å²) in [5.41, 5.74) is 0.991. The number of anilines is 1. The smallest absolute Gasteiger partial charge is 0.404 e. The van der Waals surface area contributed by atoms with E-state index in [4.69, 9.17) is 21.4 Å². The molecule has 3 rings (SSSR count). The first-order chi connectivity index (χ1) is 17.0. The number of carboxylic acid groups (broad SMARTS) is 1. The lowest BCUT2D eigenvalue weighted by Gasteiger charge is -2.41. The summed E-state index contributed by atoms with van der Waals surface area (Å²) < 4.78 is 5.63. The maximum Gasteiger partial charge on any atom is 0.404 e. The summed E-state index contributed by atoms with van der Waals surface area (Å²) in [6.07, 6.45) is 4.66. The quantitative estimate of drug-likeness (QED) is 0.341. The monoisotopic (exact) mass is 509 g/mol. The number of halogens is 1. The number of hydrogen-bond donors (Lipinski definition) is 4. The molecule has 3 amide bonds. The zero-order valence-electron chi connectivity index (χ0n) is 20.7. The number of ether oxygens (including phenoxy) is 1. The van der Waals surface area contributed by atoms with Crippen molar-refractivity contribution in [1.82, 2.24) is 20.9 Å². The zero-order valence-corrected chi connectivity index (χ0v) is 21.4. The van der Waals surface area contributed by atoms with Crippen LogP contribution in [0, 0.1) is 5.92 Å². The van der Waals surface area contributed by atoms with E-state index in [1.54, 1.807) is 0 Å². The third kappa shape index (κ3) is 9.05. The van der Waals surface area contributed by atoms with Crippen LogP contribution < -0.4 is 20.9 Å². The summed E-state index contributed by atoms with van der Waals surface area (Å²) in [5.74, 6) is 0.481. The number of piperidine rings is 1. The number of benzene rings is 1. The van der Waals surface area contributed by atoms with Crippen molar-refractivity contribution < 1.29 is 19.4 Å². The number of nitrogens with one attached hydrogen (secondary N) is 3. The zero-order chi connectivity index (χ0) is 25.0. The van der Waals surface area contributed by atoms with Crippen molar-refractivity contribution in [2.24, 2.45) is 5.92 Å². The molecular weight excluding hydrogens is 470 g/mol. The summed E-state index contributed by atoms with van der Waals surface area (Å²) in [6, 6.07) is 7.88. The van der Waals surface area contributed by atoms with E-state index in [0.29, 0.717) is 37.0 Å². The second kappa shape index (κ2) is 14.4. The maximum atomic E-state index is 13.3. The van der Waals surface area contributed by atoms with Crippen molar-refractivity contribution in [3.63, 3.8) is 0 Å². The van der Waals surface area contributed by atoms with Crippen LogP contribution in [0.1, 0.15) is 38.5 Å². The number of nitrogens with zero attached hydrogens (tertiary/aromatic N) is 2. The van der Waals surface area contributed by atoms with Gasteiger partial charge in [0.1, 0.15) is 0 Å². The Balaban J connectivity index is 1.62. The van der Waals surface area contributed by atoms with E-state index in [0.717, 1.165) is 64.1 Å². The van der Waals surface area contributed by atoms with Crippen molar-refractivity contribution in [2.45, 2.75) is 50.6 Å². The highest BCUT2D eigenvalue weighted by atomic mass is 35.5. The van der Waals surface area contributed by atoms with Crippen LogP contribution in [0.3, 0.4) is 0 Å². The number of urea groups is 1. The molecule has 0 spiro atoms. The van der Waals surface area contributed by atoms with Crippen LogP contribution in [0.25, 0.3) is 0 Å². The molecule has 0 saturated carbocycles. The Morgan fingerprint density at radius 2 is 2.17 bits per heavy atom. The molecule has 2 aliphatic heterocycles. The number of hydrogen-bond acceptors (Lipinski definition) is 5. The van der Waals surface area contributed by atoms with Crippen molar-refractivity contribution >= 4 is 29.4 Å². The minimum atomic E-state index is -1.02. The minimum absolute atomic E-state index is 0.0229. The average molecular weight is 510 g/mol. The average Bonchev–Trinajstić information content (AvgIpc) is 2.84. The molecule has 2 aliphatic rings. The fourth-order valence-corrected chi connectivity index (χ4v) is 5.30. The van der Waals surface area contributed by atoms with Gasteiger partial charge >= 0.3 is 12.1 Å². The molecule has 35 heavy (non-hydrogen) atoms. The van der Waals surface area contributed by atoms with Crippen molar-refractivity contribution in [3.8, 4) is 0 Å². The largest absolute Gasteiger partial charge is 0.465 e. The molecule has 2 fully saturated rings. The van der Waals surface area contributed by atoms with Crippen LogP contribution in [0.4, 0.5) is 15.3 Å². The number of likely N-dealkylation sites (N-methyl/N-ethyl adjacent to an activating group) is 1. The van der Waals surface area contributed by atoms with Crippen LogP contribution in [0.5, 0.6) is 0 Å². The molecule has 0 radical (unpaired) electrons. The third-order valence-corrected chi connectivity index (χ3v) is 7.00. The Kier molecular flexibility index (Phi) is 11.2. The van der Waals surface area contributed by atoms with Gasteiger partial charge in [-0.3, -0.25) is 0 Å². The molecule has 10 heteroatoms. The first kappa shape index (κ1) is 27.4. The van der Waals surface area contributed by atoms with E-state index < -0.39 is 6.09 Å². The Hall–Kier alpha value is -2.23. The first-order valence-corrected chi connectivity index (χ1v) is 13.1. The van der Waals surface area contributed by atoms with E-state index in [9.17, 15) is 9.59 Å². The van der Waals surface area contributed by atoms with Gasteiger partial charge in [0.05, 0.1) is 0 Å². The molecule has 2 heterocycles. The Morgan fingerprint density at radius 1 is 1.31 bits per heavy atom. The Morgan fingerprint density at radius 3 is 2.89 bits per heavy atom. The number of likely N-dealkylation sites (tertiary alicyclic amines) is 1. The van der Waals surface area contributed by atoms with Crippen molar-refractivity contribution in [3.05, 3.63) is 29.3 Å². The lowest BCUT2D eigenvalue weighted by atomic mass is 9.94. The summed E-state index contributed by atoms with van der Waals surface area (Å²) in [6.45, 7) is 4.72. The topological polar surface area (TPSA) is 106 Å². The van der Waals surface area contributed by atoms with Gasteiger partial charge in [0, 0.05) is 68.7 Å². The normalized spacial score (nSPS) is 21.3. The van der Waals surface area contributed by atoms with Crippen LogP contribution >= 0.6 is 11.6 Å². The second-order valence-corrected chi connectivity index (χ2v) is 9.96. The molecule has 1 aromatic carbocycles. The molecule has 9 nitrogen and oxygen atoms in total. The molecule has 2 saturated heterocycles. The summed E-state index contributed by atoms with van der Waals surface area (Å²) in [4.78, 5) is 28.3. The number of amides is 3. The SMILES string of the molecule is CNCC(CC1CCCOC1)NC(=O)N1CCCC(N(CCCNC(=O)O)c2cccc(Cl)c2)C1. The molecule has 1 aromatic rings. The lowest BCUT2D eigenvalue weighted by Crippen LogP contribution is -2.55. The van der Waals surface area contributed by atoms with Crippen LogP contribution in [0.2, 0.25) is 5.02 Å². The van der Waals surface area contributed by atoms with E-state index in [1.807, 2.05) is 36.2 Å². The second-order valence-electron chi connectivity index (χ2n) is 9.52. The summed E-state index contributed by atoms with van der Waals surface area (Å²) in [5, 5.41) is 18.5. The highest BCUT2D eigenvalue weighted by Crippen LogP contribution is 2.26. The molecule has 3 atom stereocenters. The number of carbonyl (C=O) groups is 2. The third-order valence-electron chi connectivity index (χ3n) is 6.77. The molecule has 3 unspecified atom stereocenters. The molecule has 0 bridgehead atoms. The molecule has 0 aromatic heterocycles. The van der Waals surface area contributed by atoms with E-state index >= 15 is 0 Å². The molecule has 0 aliphatic carbocycles. The minimum Gasteiger partial charge on any atom is -0.465 e. The van der Waals surface area contributed by atoms with Gasteiger partial charge in [-0.25, -0.2) is 9.59 Å². The van der Waals surface area contributed by atoms with Gasteiger partial charge in [0.2, 0.25) is 0 Å². The number of rotatable bonds is 11. The van der Waals surface area contributed by atoms with Gasteiger partial charge < -0.3 is 35.6 Å². The van der Waals surface area contributed by atoms with Crippen molar-refractivity contribution in [1.29, 1.82) is 0 Å². The Labute approximate surface area is 213 Å². The molecular formula is C25H40ClN5O4. The van der Waals surface area contributed by atoms with Gasteiger partial charge in [0.15, 0.2) is 0 Å². The molecule has 4 N–H and O–H groups in total. The predicted molar refractivity (Wildman–Crippen MR) is 138 cm³/mol. The van der Waals surface area contributed by atoms with Gasteiger partial charge in [-0.15, -0.1) is 0 Å². The van der Waals surface area contributed by atoms with Gasteiger partial charge in [-0.2, -0.15) is 0 Å². The van der Waals surface area contributed by atoms with Crippen LogP contribution in [0.15, 0.2) is 24.3 Å². The summed E-state index contributed by atoms with van der Waals surface area (Å²) >= 11 is 6.27. The highest BCUT2D eigenvalue weighted by Gasteiger charge is 2.30. The lowest BCUT2D eigenvalue weighted by molar-refractivity contribution is 0.0476. The Bertz CT molecular complexity index is 808. The summed E-state index contributed by atoms with van der Waals surface area (Å²) in [7, 11) is 1.91.